The Morgan fingerprint density at radius 1 is 1.50 bits per heavy atom. The molecule has 1 heterocycles. The molecule has 0 aromatic heterocycles. The summed E-state index contributed by atoms with van der Waals surface area (Å²) in [4.78, 5) is 0. The molecule has 3 nitrogen and oxygen atoms in total. The summed E-state index contributed by atoms with van der Waals surface area (Å²) in [6.07, 6.45) is 5.54. The van der Waals surface area contributed by atoms with E-state index in [4.69, 9.17) is 10.5 Å². The fraction of sp³-hybridized carbons (Fsp3) is 1.00. The van der Waals surface area contributed by atoms with Crippen LogP contribution in [0.2, 0.25) is 0 Å². The van der Waals surface area contributed by atoms with Gasteiger partial charge in [0.1, 0.15) is 0 Å². The molecule has 0 saturated carbocycles. The Morgan fingerprint density at radius 3 is 2.86 bits per heavy atom. The van der Waals surface area contributed by atoms with Gasteiger partial charge in [0.05, 0.1) is 12.2 Å². The Morgan fingerprint density at radius 2 is 2.29 bits per heavy atom. The molecule has 0 bridgehead atoms. The van der Waals surface area contributed by atoms with Crippen LogP contribution in [0.4, 0.5) is 0 Å². The van der Waals surface area contributed by atoms with Crippen LogP contribution in [0.3, 0.4) is 0 Å². The van der Waals surface area contributed by atoms with E-state index in [9.17, 15) is 5.11 Å². The maximum atomic E-state index is 9.71. The zero-order chi connectivity index (χ0) is 10.4. The normalized spacial score (nSPS) is 27.2. The van der Waals surface area contributed by atoms with Gasteiger partial charge in [-0.25, -0.2) is 0 Å². The second-order valence-corrected chi connectivity index (χ2v) is 4.35. The lowest BCUT2D eigenvalue weighted by Gasteiger charge is -2.24. The summed E-state index contributed by atoms with van der Waals surface area (Å²) in [5.41, 5.74) is 5.49. The number of aliphatic hydroxyl groups is 1. The molecule has 1 aliphatic heterocycles. The average molecular weight is 201 g/mol. The van der Waals surface area contributed by atoms with Gasteiger partial charge in [0.15, 0.2) is 0 Å². The molecule has 3 heteroatoms. The number of nitrogens with two attached hydrogens (primary N) is 1. The third-order valence-corrected chi connectivity index (χ3v) is 3.09. The number of ether oxygens (including phenoxy) is 1. The van der Waals surface area contributed by atoms with Crippen molar-refractivity contribution in [1.29, 1.82) is 0 Å². The first kappa shape index (κ1) is 12.0. The molecule has 0 amide bonds. The van der Waals surface area contributed by atoms with E-state index in [0.717, 1.165) is 25.9 Å². The van der Waals surface area contributed by atoms with Crippen molar-refractivity contribution in [2.75, 3.05) is 13.2 Å². The van der Waals surface area contributed by atoms with E-state index in [1.54, 1.807) is 0 Å². The maximum Gasteiger partial charge on any atom is 0.0578 e. The van der Waals surface area contributed by atoms with Crippen molar-refractivity contribution in [3.63, 3.8) is 0 Å². The minimum absolute atomic E-state index is 0.207. The molecule has 0 radical (unpaired) electrons. The van der Waals surface area contributed by atoms with Crippen LogP contribution < -0.4 is 5.73 Å². The second kappa shape index (κ2) is 6.38. The highest BCUT2D eigenvalue weighted by molar-refractivity contribution is 4.70. The number of hydrogen-bond acceptors (Lipinski definition) is 3. The summed E-state index contributed by atoms with van der Waals surface area (Å²) in [6.45, 7) is 3.45. The Kier molecular flexibility index (Phi) is 5.45. The van der Waals surface area contributed by atoms with E-state index in [-0.39, 0.29) is 12.0 Å². The summed E-state index contributed by atoms with van der Waals surface area (Å²) in [5.74, 6) is 0.207. The molecular formula is C11H23NO2. The highest BCUT2D eigenvalue weighted by Gasteiger charge is 2.18. The monoisotopic (exact) mass is 201 g/mol. The Bertz CT molecular complexity index is 144. The lowest BCUT2D eigenvalue weighted by atomic mass is 9.96. The van der Waals surface area contributed by atoms with Crippen molar-refractivity contribution in [1.82, 2.24) is 0 Å². The predicted molar refractivity (Wildman–Crippen MR) is 57.1 cm³/mol. The van der Waals surface area contributed by atoms with E-state index in [2.05, 4.69) is 0 Å². The van der Waals surface area contributed by atoms with Gasteiger partial charge in [0.25, 0.3) is 0 Å². The van der Waals surface area contributed by atoms with Crippen LogP contribution in [0, 0.1) is 5.92 Å². The first-order chi connectivity index (χ1) is 6.74. The molecule has 0 aromatic carbocycles. The summed E-state index contributed by atoms with van der Waals surface area (Å²) in [5, 5.41) is 9.71. The highest BCUT2D eigenvalue weighted by Crippen LogP contribution is 2.19. The summed E-state index contributed by atoms with van der Waals surface area (Å²) < 4.78 is 5.60. The zero-order valence-corrected chi connectivity index (χ0v) is 9.11. The molecule has 1 rings (SSSR count). The van der Waals surface area contributed by atoms with E-state index < -0.39 is 0 Å². The van der Waals surface area contributed by atoms with Crippen molar-refractivity contribution in [2.45, 2.75) is 51.2 Å². The molecule has 0 aromatic rings. The molecule has 3 N–H and O–H groups in total. The largest absolute Gasteiger partial charge is 0.393 e. The predicted octanol–water partition coefficient (Wildman–Crippen LogP) is 1.29. The molecule has 1 saturated heterocycles. The van der Waals surface area contributed by atoms with Crippen LogP contribution in [0.15, 0.2) is 0 Å². The fourth-order valence-corrected chi connectivity index (χ4v) is 1.83. The van der Waals surface area contributed by atoms with Crippen LogP contribution in [-0.2, 0) is 4.74 Å². The third-order valence-electron chi connectivity index (χ3n) is 3.09. The average Bonchev–Trinajstić information content (AvgIpc) is 2.26. The van der Waals surface area contributed by atoms with Gasteiger partial charge >= 0.3 is 0 Å². The zero-order valence-electron chi connectivity index (χ0n) is 9.11. The molecule has 0 spiro atoms. The summed E-state index contributed by atoms with van der Waals surface area (Å²) in [7, 11) is 0. The van der Waals surface area contributed by atoms with Gasteiger partial charge < -0.3 is 15.6 Å². The summed E-state index contributed by atoms with van der Waals surface area (Å²) in [6, 6.07) is 0. The third kappa shape index (κ3) is 3.95. The highest BCUT2D eigenvalue weighted by atomic mass is 16.5. The SMILES string of the molecule is CC(CN)C(O)CCC1CCCCO1. The first-order valence-electron chi connectivity index (χ1n) is 5.73. The van der Waals surface area contributed by atoms with Crippen molar-refractivity contribution < 1.29 is 9.84 Å². The van der Waals surface area contributed by atoms with Gasteiger partial charge in [0, 0.05) is 6.61 Å². The van der Waals surface area contributed by atoms with Crippen LogP contribution in [0.5, 0.6) is 0 Å². The molecule has 3 unspecified atom stereocenters. The second-order valence-electron chi connectivity index (χ2n) is 4.35. The molecular weight excluding hydrogens is 178 g/mol. The Labute approximate surface area is 86.6 Å². The minimum Gasteiger partial charge on any atom is -0.393 e. The van der Waals surface area contributed by atoms with E-state index in [0.29, 0.717) is 12.6 Å². The summed E-state index contributed by atoms with van der Waals surface area (Å²) >= 11 is 0. The number of rotatable bonds is 5. The molecule has 84 valence electrons. The quantitative estimate of drug-likeness (QED) is 0.704. The van der Waals surface area contributed by atoms with Gasteiger partial charge in [-0.15, -0.1) is 0 Å². The number of hydrogen-bond donors (Lipinski definition) is 2. The van der Waals surface area contributed by atoms with Crippen LogP contribution >= 0.6 is 0 Å². The Hall–Kier alpha value is -0.120. The first-order valence-corrected chi connectivity index (χ1v) is 5.73. The van der Waals surface area contributed by atoms with Gasteiger partial charge in [-0.3, -0.25) is 0 Å². The molecule has 0 aliphatic carbocycles. The standard InChI is InChI=1S/C11H23NO2/c1-9(8-12)11(13)6-5-10-4-2-3-7-14-10/h9-11,13H,2-8,12H2,1H3. The Balaban J connectivity index is 2.12. The smallest absolute Gasteiger partial charge is 0.0578 e. The lowest BCUT2D eigenvalue weighted by Crippen LogP contribution is -2.27. The van der Waals surface area contributed by atoms with Crippen LogP contribution in [0.25, 0.3) is 0 Å². The molecule has 14 heavy (non-hydrogen) atoms. The van der Waals surface area contributed by atoms with E-state index in [1.165, 1.54) is 12.8 Å². The van der Waals surface area contributed by atoms with Crippen molar-refractivity contribution in [3.05, 3.63) is 0 Å². The topological polar surface area (TPSA) is 55.5 Å². The van der Waals surface area contributed by atoms with Crippen molar-refractivity contribution >= 4 is 0 Å². The molecule has 1 fully saturated rings. The maximum absolute atomic E-state index is 9.71. The van der Waals surface area contributed by atoms with Crippen molar-refractivity contribution in [2.24, 2.45) is 11.7 Å². The van der Waals surface area contributed by atoms with Gasteiger partial charge in [-0.1, -0.05) is 6.92 Å². The number of aliphatic hydroxyl groups excluding tert-OH is 1. The van der Waals surface area contributed by atoms with Gasteiger partial charge in [0.2, 0.25) is 0 Å². The van der Waals surface area contributed by atoms with Gasteiger partial charge in [-0.05, 0) is 44.6 Å². The van der Waals surface area contributed by atoms with E-state index >= 15 is 0 Å². The minimum atomic E-state index is -0.259. The molecule has 3 atom stereocenters. The fourth-order valence-electron chi connectivity index (χ4n) is 1.83. The van der Waals surface area contributed by atoms with Crippen molar-refractivity contribution in [3.8, 4) is 0 Å². The van der Waals surface area contributed by atoms with E-state index in [1.807, 2.05) is 6.92 Å². The molecule has 1 aliphatic rings. The van der Waals surface area contributed by atoms with Crippen LogP contribution in [0.1, 0.15) is 39.0 Å². The lowest BCUT2D eigenvalue weighted by molar-refractivity contribution is -0.00180. The van der Waals surface area contributed by atoms with Gasteiger partial charge in [-0.2, -0.15) is 0 Å². The van der Waals surface area contributed by atoms with Crippen LogP contribution in [-0.4, -0.2) is 30.5 Å².